The second-order valence-corrected chi connectivity index (χ2v) is 5.56. The number of nitrogens with zero attached hydrogens (tertiary/aromatic N) is 3. The average molecular weight is 341 g/mol. The van der Waals surface area contributed by atoms with Crippen LogP contribution in [0, 0.1) is 0 Å². The molecule has 0 amide bonds. The molecule has 118 valence electrons. The van der Waals surface area contributed by atoms with Gasteiger partial charge in [0.15, 0.2) is 0 Å². The molecule has 0 bridgehead atoms. The highest BCUT2D eigenvalue weighted by atomic mass is 35.5. The average Bonchev–Trinajstić information content (AvgIpc) is 2.93. The van der Waals surface area contributed by atoms with E-state index in [1.54, 1.807) is 42.5 Å². The number of hydrogen-bond donors (Lipinski definition) is 1. The van der Waals surface area contributed by atoms with Crippen LogP contribution < -0.4 is 16.7 Å². The largest absolute Gasteiger partial charge is 0.348 e. The molecule has 4 rings (SSSR count). The Morgan fingerprint density at radius 3 is 2.46 bits per heavy atom. The van der Waals surface area contributed by atoms with Crippen LogP contribution in [0.15, 0.2) is 62.9 Å². The van der Waals surface area contributed by atoms with Gasteiger partial charge in [-0.05, 0) is 30.3 Å². The van der Waals surface area contributed by atoms with E-state index in [0.29, 0.717) is 21.7 Å². The Hall–Kier alpha value is -3.19. The van der Waals surface area contributed by atoms with Crippen molar-refractivity contribution in [1.82, 2.24) is 19.2 Å². The smallest absolute Gasteiger partial charge is 0.279 e. The van der Waals surface area contributed by atoms with Crippen LogP contribution in [-0.2, 0) is 0 Å². The maximum absolute atomic E-state index is 12.8. The van der Waals surface area contributed by atoms with Crippen molar-refractivity contribution in [1.29, 1.82) is 0 Å². The van der Waals surface area contributed by atoms with E-state index in [9.17, 15) is 14.4 Å². The van der Waals surface area contributed by atoms with Crippen LogP contribution >= 0.6 is 11.6 Å². The van der Waals surface area contributed by atoms with Crippen LogP contribution in [0.1, 0.15) is 0 Å². The number of benzene rings is 2. The molecule has 0 aliphatic heterocycles. The molecule has 0 fully saturated rings. The minimum absolute atomic E-state index is 0.257. The van der Waals surface area contributed by atoms with Crippen molar-refractivity contribution in [2.24, 2.45) is 0 Å². The molecular weight excluding hydrogens is 332 g/mol. The van der Waals surface area contributed by atoms with E-state index in [2.05, 4.69) is 10.2 Å². The zero-order valence-corrected chi connectivity index (χ0v) is 12.8. The topological polar surface area (TPSA) is 89.2 Å². The van der Waals surface area contributed by atoms with Crippen LogP contribution in [-0.4, -0.2) is 19.2 Å². The molecule has 2 aromatic heterocycles. The lowest BCUT2D eigenvalue weighted by Gasteiger charge is -2.07. The van der Waals surface area contributed by atoms with Crippen molar-refractivity contribution in [3.8, 4) is 5.69 Å². The van der Waals surface area contributed by atoms with Gasteiger partial charge in [0.25, 0.3) is 5.43 Å². The maximum Gasteiger partial charge on any atom is 0.348 e. The third kappa shape index (κ3) is 1.99. The Balaban J connectivity index is 2.43. The van der Waals surface area contributed by atoms with Gasteiger partial charge in [0, 0.05) is 10.7 Å². The highest BCUT2D eigenvalue weighted by Gasteiger charge is 2.15. The quantitative estimate of drug-likeness (QED) is 0.529. The van der Waals surface area contributed by atoms with Gasteiger partial charge in [0.1, 0.15) is 0 Å². The first-order chi connectivity index (χ1) is 11.6. The lowest BCUT2D eigenvalue weighted by molar-refractivity contribution is 1.02. The van der Waals surface area contributed by atoms with E-state index in [4.69, 9.17) is 11.6 Å². The van der Waals surface area contributed by atoms with Gasteiger partial charge in [-0.15, -0.1) is 5.10 Å². The number of rotatable bonds is 1. The predicted octanol–water partition coefficient (Wildman–Crippen LogP) is 1.34. The van der Waals surface area contributed by atoms with Crippen molar-refractivity contribution in [3.05, 3.63) is 84.6 Å². The molecule has 0 aliphatic rings. The van der Waals surface area contributed by atoms with Crippen molar-refractivity contribution >= 4 is 28.3 Å². The second kappa shape index (κ2) is 5.17. The fourth-order valence-electron chi connectivity index (χ4n) is 2.68. The molecular formula is C16H9ClN4O3. The summed E-state index contributed by atoms with van der Waals surface area (Å²) < 4.78 is 2.31. The van der Waals surface area contributed by atoms with Crippen LogP contribution in [0.3, 0.4) is 0 Å². The third-order valence-corrected chi connectivity index (χ3v) is 3.94. The number of fused-ring (bicyclic) bond motifs is 3. The first-order valence-electron chi connectivity index (χ1n) is 6.99. The van der Waals surface area contributed by atoms with Gasteiger partial charge in [-0.1, -0.05) is 29.8 Å². The zero-order valence-electron chi connectivity index (χ0n) is 12.1. The Morgan fingerprint density at radius 1 is 0.958 bits per heavy atom. The Labute approximate surface area is 138 Å². The van der Waals surface area contributed by atoms with E-state index in [-0.39, 0.29) is 5.65 Å². The third-order valence-electron chi connectivity index (χ3n) is 3.71. The molecule has 7 nitrogen and oxygen atoms in total. The van der Waals surface area contributed by atoms with Gasteiger partial charge in [0.05, 0.1) is 11.0 Å². The molecule has 0 saturated heterocycles. The highest BCUT2D eigenvalue weighted by molar-refractivity contribution is 6.31. The lowest BCUT2D eigenvalue weighted by atomic mass is 10.2. The fourth-order valence-corrected chi connectivity index (χ4v) is 2.84. The first kappa shape index (κ1) is 14.4. The molecule has 0 spiro atoms. The van der Waals surface area contributed by atoms with Gasteiger partial charge in [-0.25, -0.2) is 14.3 Å². The molecule has 4 aromatic rings. The summed E-state index contributed by atoms with van der Waals surface area (Å²) in [6.45, 7) is 0. The first-order valence-corrected chi connectivity index (χ1v) is 7.37. The Morgan fingerprint density at radius 2 is 1.71 bits per heavy atom. The van der Waals surface area contributed by atoms with Crippen molar-refractivity contribution in [3.63, 3.8) is 0 Å². The highest BCUT2D eigenvalue weighted by Crippen LogP contribution is 2.19. The van der Waals surface area contributed by atoms with Gasteiger partial charge >= 0.3 is 11.2 Å². The summed E-state index contributed by atoms with van der Waals surface area (Å²) in [5.41, 5.74) is -1.41. The summed E-state index contributed by atoms with van der Waals surface area (Å²) in [6, 6.07) is 13.3. The minimum Gasteiger partial charge on any atom is -0.279 e. The SMILES string of the molecule is O=c1c(=O)n(-c2ccccc2)c2cc(Cl)ccc2n2c(=O)[nH]nc12. The monoisotopic (exact) mass is 340 g/mol. The van der Waals surface area contributed by atoms with E-state index in [1.165, 1.54) is 10.6 Å². The van der Waals surface area contributed by atoms with E-state index < -0.39 is 16.7 Å². The van der Waals surface area contributed by atoms with Crippen LogP contribution in [0.4, 0.5) is 0 Å². The fraction of sp³-hybridized carbons (Fsp3) is 0. The van der Waals surface area contributed by atoms with Gasteiger partial charge in [-0.3, -0.25) is 14.2 Å². The van der Waals surface area contributed by atoms with Crippen molar-refractivity contribution in [2.75, 3.05) is 0 Å². The number of aromatic nitrogens is 4. The summed E-state index contributed by atoms with van der Waals surface area (Å²) in [4.78, 5) is 37.4. The molecule has 0 radical (unpaired) electrons. The Kier molecular flexibility index (Phi) is 3.10. The normalized spacial score (nSPS) is 11.2. The summed E-state index contributed by atoms with van der Waals surface area (Å²) >= 11 is 6.07. The van der Waals surface area contributed by atoms with Crippen LogP contribution in [0.25, 0.3) is 22.4 Å². The van der Waals surface area contributed by atoms with Gasteiger partial charge in [0.2, 0.25) is 5.65 Å². The van der Waals surface area contributed by atoms with Crippen molar-refractivity contribution < 1.29 is 0 Å². The number of H-pyrrole nitrogens is 1. The van der Waals surface area contributed by atoms with Gasteiger partial charge < -0.3 is 0 Å². The minimum atomic E-state index is -0.885. The van der Waals surface area contributed by atoms with E-state index in [0.717, 1.165) is 4.40 Å². The number of aromatic amines is 1. The summed E-state index contributed by atoms with van der Waals surface area (Å²) in [5.74, 6) is 0. The molecule has 8 heteroatoms. The standard InChI is InChI=1S/C16H9ClN4O3/c17-9-6-7-11-12(8-9)20(10-4-2-1-3-5-10)15(23)13(22)14-18-19-16(24)21(11)14/h1-8H,(H,19,24). The van der Waals surface area contributed by atoms with Gasteiger partial charge in [-0.2, -0.15) is 0 Å². The number of nitrogens with one attached hydrogen (secondary N) is 1. The molecule has 0 saturated carbocycles. The second-order valence-electron chi connectivity index (χ2n) is 5.13. The van der Waals surface area contributed by atoms with Crippen LogP contribution in [0.2, 0.25) is 5.02 Å². The molecule has 0 aliphatic carbocycles. The number of para-hydroxylation sites is 1. The molecule has 0 atom stereocenters. The van der Waals surface area contributed by atoms with Crippen LogP contribution in [0.5, 0.6) is 0 Å². The van der Waals surface area contributed by atoms with E-state index in [1.807, 2.05) is 0 Å². The molecule has 0 unspecified atom stereocenters. The predicted molar refractivity (Wildman–Crippen MR) is 90.2 cm³/mol. The molecule has 1 N–H and O–H groups in total. The summed E-state index contributed by atoms with van der Waals surface area (Å²) in [7, 11) is 0. The Bertz CT molecular complexity index is 1270. The molecule has 24 heavy (non-hydrogen) atoms. The summed E-state index contributed by atoms with van der Waals surface area (Å²) in [5, 5.41) is 6.26. The van der Waals surface area contributed by atoms with Crippen molar-refractivity contribution in [2.45, 2.75) is 0 Å². The lowest BCUT2D eigenvalue weighted by Crippen LogP contribution is -2.31. The molecule has 2 aromatic carbocycles. The number of hydrogen-bond acceptors (Lipinski definition) is 4. The summed E-state index contributed by atoms with van der Waals surface area (Å²) in [6.07, 6.45) is 0. The zero-order chi connectivity index (χ0) is 16.8. The number of halogens is 1. The molecule has 2 heterocycles. The maximum atomic E-state index is 12.8. The van der Waals surface area contributed by atoms with E-state index >= 15 is 0 Å².